The summed E-state index contributed by atoms with van der Waals surface area (Å²) in [5, 5.41) is 1.13. The highest BCUT2D eigenvalue weighted by molar-refractivity contribution is 7.22. The third-order valence-corrected chi connectivity index (χ3v) is 7.22. The van der Waals surface area contributed by atoms with E-state index in [2.05, 4.69) is 25.8 Å². The van der Waals surface area contributed by atoms with Crippen molar-refractivity contribution in [3.63, 3.8) is 0 Å². The van der Waals surface area contributed by atoms with E-state index in [0.29, 0.717) is 5.88 Å². The van der Waals surface area contributed by atoms with Gasteiger partial charge in [-0.15, -0.1) is 0 Å². The largest absolute Gasteiger partial charge is 0.481 e. The molecule has 0 amide bonds. The highest BCUT2D eigenvalue weighted by Gasteiger charge is 2.26. The fourth-order valence-electron chi connectivity index (χ4n) is 4.50. The molecule has 5 rings (SSSR count). The molecular formula is C22H27N5OS. The SMILES string of the molecule is COc1cc(-c2cc3sc(N4CCC(N5CCCCC5)CC4)nc3cn2)ccn1. The van der Waals surface area contributed by atoms with Crippen molar-refractivity contribution < 1.29 is 4.74 Å². The Labute approximate surface area is 175 Å². The van der Waals surface area contributed by atoms with Crippen LogP contribution >= 0.6 is 11.3 Å². The van der Waals surface area contributed by atoms with Crippen LogP contribution in [-0.4, -0.2) is 59.2 Å². The summed E-state index contributed by atoms with van der Waals surface area (Å²) in [4.78, 5) is 18.9. The van der Waals surface area contributed by atoms with Crippen LogP contribution in [0.2, 0.25) is 0 Å². The maximum Gasteiger partial charge on any atom is 0.213 e. The maximum atomic E-state index is 5.24. The molecule has 29 heavy (non-hydrogen) atoms. The third kappa shape index (κ3) is 3.94. The van der Waals surface area contributed by atoms with Crippen LogP contribution in [0.3, 0.4) is 0 Å². The number of aromatic nitrogens is 3. The van der Waals surface area contributed by atoms with Gasteiger partial charge in [0.1, 0.15) is 5.52 Å². The Morgan fingerprint density at radius 3 is 2.66 bits per heavy atom. The summed E-state index contributed by atoms with van der Waals surface area (Å²) in [6.07, 6.45) is 10.3. The molecule has 0 aromatic carbocycles. The summed E-state index contributed by atoms with van der Waals surface area (Å²) in [5.41, 5.74) is 2.92. The van der Waals surface area contributed by atoms with E-state index in [9.17, 15) is 0 Å². The second-order valence-corrected chi connectivity index (χ2v) is 8.94. The number of likely N-dealkylation sites (tertiary alicyclic amines) is 1. The van der Waals surface area contributed by atoms with E-state index in [-0.39, 0.29) is 0 Å². The predicted octanol–water partition coefficient (Wildman–Crippen LogP) is 4.22. The molecule has 0 aliphatic carbocycles. The number of fused-ring (bicyclic) bond motifs is 1. The van der Waals surface area contributed by atoms with E-state index >= 15 is 0 Å². The van der Waals surface area contributed by atoms with Crippen molar-refractivity contribution in [3.8, 4) is 17.1 Å². The Hall–Kier alpha value is -2.25. The van der Waals surface area contributed by atoms with E-state index in [1.165, 1.54) is 49.9 Å². The number of hydrogen-bond donors (Lipinski definition) is 0. The number of piperidine rings is 2. The van der Waals surface area contributed by atoms with Gasteiger partial charge in [0.25, 0.3) is 0 Å². The maximum absolute atomic E-state index is 5.24. The molecular weight excluding hydrogens is 382 g/mol. The Morgan fingerprint density at radius 1 is 1.03 bits per heavy atom. The van der Waals surface area contributed by atoms with Crippen molar-refractivity contribution >= 4 is 26.7 Å². The standard InChI is InChI=1S/C22H27N5OS/c1-28-21-13-16(5-8-23-21)18-14-20-19(15-24-18)25-22(29-20)27-11-6-17(7-12-27)26-9-3-2-4-10-26/h5,8,13-15,17H,2-4,6-7,9-12H2,1H3. The Morgan fingerprint density at radius 2 is 1.86 bits per heavy atom. The van der Waals surface area contributed by atoms with E-state index in [1.54, 1.807) is 24.6 Å². The summed E-state index contributed by atoms with van der Waals surface area (Å²) in [5.74, 6) is 0.603. The van der Waals surface area contributed by atoms with Crippen molar-refractivity contribution in [3.05, 3.63) is 30.6 Å². The third-order valence-electron chi connectivity index (χ3n) is 6.15. The Kier molecular flexibility index (Phi) is 5.33. The molecule has 0 radical (unpaired) electrons. The van der Waals surface area contributed by atoms with E-state index in [1.807, 2.05) is 18.3 Å². The van der Waals surface area contributed by atoms with Crippen LogP contribution in [0, 0.1) is 0 Å². The number of methoxy groups -OCH3 is 1. The molecule has 2 fully saturated rings. The molecule has 3 aromatic heterocycles. The topological polar surface area (TPSA) is 54.4 Å². The van der Waals surface area contributed by atoms with Gasteiger partial charge in [0, 0.05) is 37.0 Å². The predicted molar refractivity (Wildman–Crippen MR) is 118 cm³/mol. The molecule has 2 aliphatic heterocycles. The van der Waals surface area contributed by atoms with Crippen LogP contribution in [0.1, 0.15) is 32.1 Å². The Bertz CT molecular complexity index is 976. The van der Waals surface area contributed by atoms with Crippen LogP contribution in [0.25, 0.3) is 21.5 Å². The molecule has 2 aliphatic rings. The number of pyridine rings is 2. The van der Waals surface area contributed by atoms with Crippen LogP contribution in [-0.2, 0) is 0 Å². The minimum atomic E-state index is 0.603. The molecule has 6 nitrogen and oxygen atoms in total. The fraction of sp³-hybridized carbons (Fsp3) is 0.500. The van der Waals surface area contributed by atoms with E-state index < -0.39 is 0 Å². The van der Waals surface area contributed by atoms with Gasteiger partial charge in [-0.1, -0.05) is 17.8 Å². The summed E-state index contributed by atoms with van der Waals surface area (Å²) in [7, 11) is 1.63. The van der Waals surface area contributed by atoms with Crippen LogP contribution < -0.4 is 9.64 Å². The number of hydrogen-bond acceptors (Lipinski definition) is 7. The fourth-order valence-corrected chi connectivity index (χ4v) is 5.52. The van der Waals surface area contributed by atoms with Gasteiger partial charge < -0.3 is 14.5 Å². The van der Waals surface area contributed by atoms with Gasteiger partial charge in [-0.2, -0.15) is 0 Å². The molecule has 0 unspecified atom stereocenters. The normalized spacial score (nSPS) is 19.0. The minimum Gasteiger partial charge on any atom is -0.481 e. The summed E-state index contributed by atoms with van der Waals surface area (Å²) in [6, 6.07) is 6.77. The lowest BCUT2D eigenvalue weighted by Gasteiger charge is -2.40. The number of thiazole rings is 1. The first-order chi connectivity index (χ1) is 14.3. The first kappa shape index (κ1) is 18.8. The zero-order valence-corrected chi connectivity index (χ0v) is 17.7. The zero-order valence-electron chi connectivity index (χ0n) is 16.9. The summed E-state index contributed by atoms with van der Waals surface area (Å²) < 4.78 is 6.42. The van der Waals surface area contributed by atoms with Crippen molar-refractivity contribution in [2.45, 2.75) is 38.1 Å². The van der Waals surface area contributed by atoms with E-state index in [4.69, 9.17) is 9.72 Å². The van der Waals surface area contributed by atoms with Gasteiger partial charge in [-0.25, -0.2) is 9.97 Å². The highest BCUT2D eigenvalue weighted by atomic mass is 32.1. The molecule has 3 aromatic rings. The van der Waals surface area contributed by atoms with Crippen LogP contribution in [0.15, 0.2) is 30.6 Å². The molecule has 7 heteroatoms. The molecule has 0 spiro atoms. The number of nitrogens with zero attached hydrogens (tertiary/aromatic N) is 5. The summed E-state index contributed by atoms with van der Waals surface area (Å²) in [6.45, 7) is 4.78. The molecule has 0 saturated carbocycles. The molecule has 152 valence electrons. The first-order valence-corrected chi connectivity index (χ1v) is 11.4. The highest BCUT2D eigenvalue weighted by Crippen LogP contribution is 2.33. The smallest absolute Gasteiger partial charge is 0.213 e. The average Bonchev–Trinajstić information content (AvgIpc) is 3.23. The van der Waals surface area contributed by atoms with Gasteiger partial charge in [-0.3, -0.25) is 4.98 Å². The lowest BCUT2D eigenvalue weighted by Crippen LogP contribution is -2.46. The monoisotopic (exact) mass is 409 g/mol. The van der Waals surface area contributed by atoms with Crippen molar-refractivity contribution in [1.82, 2.24) is 19.9 Å². The van der Waals surface area contributed by atoms with Crippen molar-refractivity contribution in [2.75, 3.05) is 38.2 Å². The van der Waals surface area contributed by atoms with Crippen LogP contribution in [0.5, 0.6) is 5.88 Å². The van der Waals surface area contributed by atoms with E-state index in [0.717, 1.165) is 41.0 Å². The molecule has 0 atom stereocenters. The number of rotatable bonds is 4. The van der Waals surface area contributed by atoms with Gasteiger partial charge in [0.2, 0.25) is 5.88 Å². The Balaban J connectivity index is 1.31. The quantitative estimate of drug-likeness (QED) is 0.643. The minimum absolute atomic E-state index is 0.603. The second-order valence-electron chi connectivity index (χ2n) is 7.94. The molecule has 2 saturated heterocycles. The first-order valence-electron chi connectivity index (χ1n) is 10.6. The van der Waals surface area contributed by atoms with Crippen LogP contribution in [0.4, 0.5) is 5.13 Å². The van der Waals surface area contributed by atoms with Gasteiger partial charge in [-0.05, 0) is 50.9 Å². The second kappa shape index (κ2) is 8.24. The number of anilines is 1. The van der Waals surface area contributed by atoms with Gasteiger partial charge in [0.05, 0.1) is 23.7 Å². The number of ether oxygens (including phenoxy) is 1. The van der Waals surface area contributed by atoms with Crippen molar-refractivity contribution in [2.24, 2.45) is 0 Å². The van der Waals surface area contributed by atoms with Crippen molar-refractivity contribution in [1.29, 1.82) is 0 Å². The lowest BCUT2D eigenvalue weighted by molar-refractivity contribution is 0.141. The van der Waals surface area contributed by atoms with Gasteiger partial charge in [0.15, 0.2) is 5.13 Å². The van der Waals surface area contributed by atoms with Gasteiger partial charge >= 0.3 is 0 Å². The lowest BCUT2D eigenvalue weighted by atomic mass is 10.0. The summed E-state index contributed by atoms with van der Waals surface area (Å²) >= 11 is 1.77. The molecule has 0 bridgehead atoms. The molecule has 0 N–H and O–H groups in total. The average molecular weight is 410 g/mol. The molecule has 5 heterocycles. The zero-order chi connectivity index (χ0) is 19.6.